The van der Waals surface area contributed by atoms with Crippen LogP contribution in [0.3, 0.4) is 0 Å². The molecule has 2 atom stereocenters. The zero-order valence-corrected chi connectivity index (χ0v) is 11.3. The van der Waals surface area contributed by atoms with Crippen molar-refractivity contribution in [1.29, 1.82) is 0 Å². The van der Waals surface area contributed by atoms with Crippen LogP contribution in [0.5, 0.6) is 0 Å². The number of nitrogens with zero attached hydrogens (tertiary/aromatic N) is 2. The Morgan fingerprint density at radius 2 is 2.14 bits per heavy atom. The molecule has 1 rings (SSSR count). The Kier molecular flexibility index (Phi) is 5.42. The first-order valence-electron chi connectivity index (χ1n) is 5.66. The van der Waals surface area contributed by atoms with Crippen molar-refractivity contribution in [1.82, 2.24) is 9.80 Å². The van der Waals surface area contributed by atoms with Crippen molar-refractivity contribution >= 4 is 15.9 Å². The first-order valence-corrected chi connectivity index (χ1v) is 6.78. The van der Waals surface area contributed by atoms with Gasteiger partial charge in [0.15, 0.2) is 0 Å². The summed E-state index contributed by atoms with van der Waals surface area (Å²) in [6, 6.07) is 0.719. The molecule has 1 aliphatic rings. The number of likely N-dealkylation sites (N-methyl/N-ethyl adjacent to an activating group) is 1. The second-order valence-electron chi connectivity index (χ2n) is 4.52. The van der Waals surface area contributed by atoms with Gasteiger partial charge in [0.2, 0.25) is 0 Å². The summed E-state index contributed by atoms with van der Waals surface area (Å²) in [4.78, 5) is 5.06. The highest BCUT2D eigenvalue weighted by Gasteiger charge is 2.21. The van der Waals surface area contributed by atoms with Gasteiger partial charge in [-0.2, -0.15) is 0 Å². The molecule has 2 nitrogen and oxygen atoms in total. The van der Waals surface area contributed by atoms with Gasteiger partial charge in [-0.3, -0.25) is 0 Å². The minimum atomic E-state index is 0.719. The van der Waals surface area contributed by atoms with Crippen molar-refractivity contribution in [2.75, 3.05) is 38.6 Å². The van der Waals surface area contributed by atoms with Crippen molar-refractivity contribution in [3.05, 3.63) is 0 Å². The summed E-state index contributed by atoms with van der Waals surface area (Å²) in [6.07, 6.45) is 1.28. The Bertz CT molecular complexity index is 159. The topological polar surface area (TPSA) is 6.48 Å². The third-order valence-corrected chi connectivity index (χ3v) is 4.27. The Labute approximate surface area is 96.8 Å². The van der Waals surface area contributed by atoms with Gasteiger partial charge in [0.25, 0.3) is 0 Å². The van der Waals surface area contributed by atoms with E-state index < -0.39 is 0 Å². The maximum Gasteiger partial charge on any atom is 0.0192 e. The molecule has 3 heteroatoms. The maximum atomic E-state index is 3.59. The molecule has 0 aliphatic carbocycles. The quantitative estimate of drug-likeness (QED) is 0.716. The highest BCUT2D eigenvalue weighted by Crippen LogP contribution is 2.13. The minimum absolute atomic E-state index is 0.719. The summed E-state index contributed by atoms with van der Waals surface area (Å²) in [6.45, 7) is 9.57. The normalized spacial score (nSPS) is 27.9. The molecule has 0 amide bonds. The van der Waals surface area contributed by atoms with Gasteiger partial charge in [0.1, 0.15) is 0 Å². The van der Waals surface area contributed by atoms with E-state index >= 15 is 0 Å². The lowest BCUT2D eigenvalue weighted by Gasteiger charge is -2.38. The van der Waals surface area contributed by atoms with Crippen molar-refractivity contribution in [2.45, 2.75) is 26.3 Å². The summed E-state index contributed by atoms with van der Waals surface area (Å²) in [7, 11) is 2.23. The Balaban J connectivity index is 2.32. The molecule has 0 bridgehead atoms. The van der Waals surface area contributed by atoms with E-state index in [1.54, 1.807) is 0 Å². The van der Waals surface area contributed by atoms with Gasteiger partial charge >= 0.3 is 0 Å². The molecular formula is C11H23BrN2. The molecule has 0 radical (unpaired) electrons. The first kappa shape index (κ1) is 12.5. The van der Waals surface area contributed by atoms with E-state index in [1.165, 1.54) is 32.6 Å². The molecule has 1 saturated heterocycles. The van der Waals surface area contributed by atoms with E-state index in [1.807, 2.05) is 0 Å². The smallest absolute Gasteiger partial charge is 0.0192 e. The Hall–Kier alpha value is 0.400. The van der Waals surface area contributed by atoms with Crippen LogP contribution in [0.2, 0.25) is 0 Å². The van der Waals surface area contributed by atoms with Crippen LogP contribution in [-0.2, 0) is 0 Å². The summed E-state index contributed by atoms with van der Waals surface area (Å²) < 4.78 is 0. The van der Waals surface area contributed by atoms with Gasteiger partial charge in [-0.15, -0.1) is 0 Å². The SMILES string of the molecule is CCC(CBr)CN1CCN(C)C(C)C1. The fraction of sp³-hybridized carbons (Fsp3) is 1.00. The maximum absolute atomic E-state index is 3.59. The van der Waals surface area contributed by atoms with Crippen LogP contribution < -0.4 is 0 Å². The van der Waals surface area contributed by atoms with Crippen molar-refractivity contribution in [3.8, 4) is 0 Å². The molecule has 84 valence electrons. The van der Waals surface area contributed by atoms with E-state index in [0.717, 1.165) is 17.3 Å². The van der Waals surface area contributed by atoms with Crippen LogP contribution in [0.15, 0.2) is 0 Å². The number of alkyl halides is 1. The molecular weight excluding hydrogens is 240 g/mol. The van der Waals surface area contributed by atoms with Crippen molar-refractivity contribution in [2.24, 2.45) is 5.92 Å². The number of rotatable bonds is 4. The number of piperazine rings is 1. The Morgan fingerprint density at radius 1 is 1.43 bits per heavy atom. The highest BCUT2D eigenvalue weighted by atomic mass is 79.9. The molecule has 0 saturated carbocycles. The lowest BCUT2D eigenvalue weighted by atomic mass is 10.1. The van der Waals surface area contributed by atoms with Crippen LogP contribution in [0, 0.1) is 5.92 Å². The molecule has 0 aromatic carbocycles. The molecule has 0 spiro atoms. The number of halogens is 1. The van der Waals surface area contributed by atoms with Gasteiger partial charge in [0, 0.05) is 37.6 Å². The first-order chi connectivity index (χ1) is 6.67. The molecule has 0 aromatic heterocycles. The van der Waals surface area contributed by atoms with E-state index in [2.05, 4.69) is 46.6 Å². The summed E-state index contributed by atoms with van der Waals surface area (Å²) in [5, 5.41) is 1.14. The lowest BCUT2D eigenvalue weighted by molar-refractivity contribution is 0.0945. The minimum Gasteiger partial charge on any atom is -0.301 e. The van der Waals surface area contributed by atoms with Crippen molar-refractivity contribution < 1.29 is 0 Å². The van der Waals surface area contributed by atoms with Crippen LogP contribution >= 0.6 is 15.9 Å². The molecule has 1 heterocycles. The predicted octanol–water partition coefficient (Wildman–Crippen LogP) is 2.04. The summed E-state index contributed by atoms with van der Waals surface area (Å²) in [5.74, 6) is 0.825. The third-order valence-electron chi connectivity index (χ3n) is 3.36. The van der Waals surface area contributed by atoms with E-state index in [9.17, 15) is 0 Å². The fourth-order valence-corrected chi connectivity index (χ4v) is 2.60. The third kappa shape index (κ3) is 3.52. The summed E-state index contributed by atoms with van der Waals surface area (Å²) >= 11 is 3.59. The van der Waals surface area contributed by atoms with Gasteiger partial charge in [-0.25, -0.2) is 0 Å². The second kappa shape index (κ2) is 6.09. The van der Waals surface area contributed by atoms with Gasteiger partial charge in [-0.1, -0.05) is 29.3 Å². The molecule has 1 fully saturated rings. The summed E-state index contributed by atoms with van der Waals surface area (Å²) in [5.41, 5.74) is 0. The monoisotopic (exact) mass is 262 g/mol. The standard InChI is InChI=1S/C11H23BrN2/c1-4-11(7-12)9-14-6-5-13(3)10(2)8-14/h10-11H,4-9H2,1-3H3. The highest BCUT2D eigenvalue weighted by molar-refractivity contribution is 9.09. The van der Waals surface area contributed by atoms with Crippen LogP contribution in [-0.4, -0.2) is 54.4 Å². The molecule has 14 heavy (non-hydrogen) atoms. The van der Waals surface area contributed by atoms with E-state index in [-0.39, 0.29) is 0 Å². The lowest BCUT2D eigenvalue weighted by Crippen LogP contribution is -2.51. The van der Waals surface area contributed by atoms with Gasteiger partial charge < -0.3 is 9.80 Å². The van der Waals surface area contributed by atoms with E-state index in [0.29, 0.717) is 0 Å². The van der Waals surface area contributed by atoms with E-state index in [4.69, 9.17) is 0 Å². The molecule has 1 aliphatic heterocycles. The Morgan fingerprint density at radius 3 is 2.64 bits per heavy atom. The molecule has 2 unspecified atom stereocenters. The second-order valence-corrected chi connectivity index (χ2v) is 5.17. The predicted molar refractivity (Wildman–Crippen MR) is 66.1 cm³/mol. The number of hydrogen-bond acceptors (Lipinski definition) is 2. The van der Waals surface area contributed by atoms with Crippen LogP contribution in [0.4, 0.5) is 0 Å². The number of hydrogen-bond donors (Lipinski definition) is 0. The van der Waals surface area contributed by atoms with Crippen molar-refractivity contribution in [3.63, 3.8) is 0 Å². The average Bonchev–Trinajstić information content (AvgIpc) is 2.19. The van der Waals surface area contributed by atoms with Gasteiger partial charge in [-0.05, 0) is 19.9 Å². The zero-order valence-electron chi connectivity index (χ0n) is 9.67. The molecule has 0 aromatic rings. The largest absolute Gasteiger partial charge is 0.301 e. The zero-order chi connectivity index (χ0) is 10.6. The molecule has 0 N–H and O–H groups in total. The fourth-order valence-electron chi connectivity index (χ4n) is 1.94. The van der Waals surface area contributed by atoms with Crippen LogP contribution in [0.1, 0.15) is 20.3 Å². The average molecular weight is 263 g/mol. The van der Waals surface area contributed by atoms with Gasteiger partial charge in [0.05, 0.1) is 0 Å². The van der Waals surface area contributed by atoms with Crippen LogP contribution in [0.25, 0.3) is 0 Å².